The van der Waals surface area contributed by atoms with Crippen LogP contribution in [0.5, 0.6) is 0 Å². The lowest BCUT2D eigenvalue weighted by Gasteiger charge is -3.23. The molecule has 6 heterocycles. The summed E-state index contributed by atoms with van der Waals surface area (Å²) in [5.74, 6) is 0. The summed E-state index contributed by atoms with van der Waals surface area (Å²) in [4.78, 5) is 0. The zero-order valence-corrected chi connectivity index (χ0v) is 66.0. The first-order valence-electron chi connectivity index (χ1n) is 27.8. The fraction of sp³-hybridized carbons (Fsp3) is 1.00. The van der Waals surface area contributed by atoms with Crippen molar-refractivity contribution in [1.82, 2.24) is 0 Å². The van der Waals surface area contributed by atoms with E-state index in [4.69, 9.17) is 0 Å². The minimum Gasteiger partial charge on any atom is -0.0721 e. The molecule has 0 amide bonds. The van der Waals surface area contributed by atoms with Crippen molar-refractivity contribution in [3.05, 3.63) is 0 Å². The van der Waals surface area contributed by atoms with Gasteiger partial charge in [0, 0.05) is 82.4 Å². The van der Waals surface area contributed by atoms with Gasteiger partial charge in [-0.05, 0) is 60.5 Å². The van der Waals surface area contributed by atoms with Gasteiger partial charge in [0.05, 0.1) is 0 Å². The molecule has 6 saturated heterocycles. The van der Waals surface area contributed by atoms with Crippen LogP contribution in [0.3, 0.4) is 0 Å². The smallest absolute Gasteiger partial charge is 0.0385 e. The fourth-order valence-electron chi connectivity index (χ4n) is 30.0. The number of rotatable bonds is 3. The van der Waals surface area contributed by atoms with Gasteiger partial charge in [0.2, 0.25) is 0 Å². The van der Waals surface area contributed by atoms with Crippen molar-refractivity contribution >= 4 is 82.4 Å². The Labute approximate surface area is 427 Å². The highest BCUT2D eigenvalue weighted by Gasteiger charge is 3.30. The molecular formula is C54H126Si12. The van der Waals surface area contributed by atoms with E-state index in [0.29, 0.717) is 60.5 Å². The topological polar surface area (TPSA) is 0 Å². The molecule has 0 atom stereocenters. The van der Waals surface area contributed by atoms with Gasteiger partial charge < -0.3 is 0 Å². The monoisotopic (exact) mass is 1110 g/mol. The molecular weight excluding hydrogens is 986 g/mol. The maximum absolute atomic E-state index is 3.17. The van der Waals surface area contributed by atoms with Gasteiger partial charge in [-0.3, -0.25) is 0 Å². The van der Waals surface area contributed by atoms with E-state index in [0.717, 1.165) is 0 Å². The lowest BCUT2D eigenvalue weighted by Crippen LogP contribution is -3.54. The average Bonchev–Trinajstić information content (AvgIpc) is 2.76. The minimum absolute atomic E-state index is 0.391. The summed E-state index contributed by atoms with van der Waals surface area (Å²) in [7, 11) is -17.8. The van der Waals surface area contributed by atoms with E-state index in [1.54, 1.807) is 0 Å². The van der Waals surface area contributed by atoms with Crippen LogP contribution in [0.1, 0.15) is 249 Å². The summed E-state index contributed by atoms with van der Waals surface area (Å²) in [6, 6.07) is 0. The summed E-state index contributed by atoms with van der Waals surface area (Å²) in [6.07, 6.45) is -9.54. The lowest BCUT2D eigenvalue weighted by atomic mass is 10.2. The fourth-order valence-corrected chi connectivity index (χ4v) is 1280. The maximum atomic E-state index is 3.17. The zero-order chi connectivity index (χ0) is 54.0. The number of hydrogen-bond acceptors (Lipinski definition) is 0. The Morgan fingerprint density at radius 2 is 0.242 bits per heavy atom. The van der Waals surface area contributed by atoms with Crippen molar-refractivity contribution in [3.8, 4) is 0 Å². The summed E-state index contributed by atoms with van der Waals surface area (Å²) >= 11 is 0. The van der Waals surface area contributed by atoms with Crippen molar-refractivity contribution in [1.29, 1.82) is 0 Å². The molecule has 6 aliphatic rings. The third-order valence-corrected chi connectivity index (χ3v) is 505. The standard InChI is InChI=1S/C54H126Si12/c1-43(2,3)57(44(4,5)6)63(55(37,38)39)58(45(7,8)9,46(10,11)12)65(57,59(63,47(13,14)15)48(16,17)18)66-60(49(19,20)21,50(22,23)24)64(56(40,41)42,61(66,51(25,26)27)52(28,29)30)62(66,53(31,32)33)54(34,35)36/h1-42H3. The average molecular weight is 1110 g/mol. The van der Waals surface area contributed by atoms with E-state index in [1.807, 2.05) is 0 Å². The largest absolute Gasteiger partial charge is 0.0721 e. The zero-order valence-electron chi connectivity index (χ0n) is 54.0. The highest BCUT2D eigenvalue weighted by Crippen LogP contribution is 3.05. The SMILES string of the molecule is CC(C)(C)[Si]1(C(C)(C)C)[Si]2([Si](C)(C)C)[Si](C(C)(C)C)(C(C)(C)C)[Si]1([Si]13[Si](C(C)(C)C)(C(C)(C)C)[Si]([Si](C)(C)C)([Si]1(C(C)(C)C)C(C)(C)C)[Si]3(C(C)(C)C)C(C)(C)C)[Si]2(C(C)(C)C)C(C)(C)C. The van der Waals surface area contributed by atoms with Crippen LogP contribution in [0.2, 0.25) is 99.7 Å². The Morgan fingerprint density at radius 3 is 0.288 bits per heavy atom. The normalized spacial score (nSPS) is 32.5. The Hall–Kier alpha value is 2.60. The van der Waals surface area contributed by atoms with E-state index >= 15 is 0 Å². The Morgan fingerprint density at radius 1 is 0.167 bits per heavy atom. The maximum Gasteiger partial charge on any atom is 0.0385 e. The first-order chi connectivity index (χ1) is 27.8. The van der Waals surface area contributed by atoms with Gasteiger partial charge in [-0.15, -0.1) is 0 Å². The van der Waals surface area contributed by atoms with E-state index in [-0.39, 0.29) is 0 Å². The lowest BCUT2D eigenvalue weighted by molar-refractivity contribution is 0.598. The molecule has 0 saturated carbocycles. The molecule has 0 aromatic heterocycles. The highest BCUT2D eigenvalue weighted by atomic mass is 31.0. The molecule has 6 rings (SSSR count). The Kier molecular flexibility index (Phi) is 12.9. The van der Waals surface area contributed by atoms with Gasteiger partial charge in [0.1, 0.15) is 0 Å². The molecule has 390 valence electrons. The molecule has 0 aliphatic carbocycles. The molecule has 0 radical (unpaired) electrons. The summed E-state index contributed by atoms with van der Waals surface area (Å²) in [6.45, 7) is 130. The molecule has 0 aromatic carbocycles. The van der Waals surface area contributed by atoms with Gasteiger partial charge in [-0.2, -0.15) is 0 Å². The van der Waals surface area contributed by atoms with E-state index < -0.39 is 82.4 Å². The van der Waals surface area contributed by atoms with Crippen molar-refractivity contribution < 1.29 is 0 Å². The van der Waals surface area contributed by atoms with Gasteiger partial charge in [-0.25, -0.2) is 0 Å². The van der Waals surface area contributed by atoms with Crippen LogP contribution in [0, 0.1) is 0 Å². The van der Waals surface area contributed by atoms with Gasteiger partial charge in [-0.1, -0.05) is 289 Å². The molecule has 4 bridgehead atoms. The second-order valence-corrected chi connectivity index (χ2v) is 198. The first-order valence-corrected chi connectivity index (χ1v) is 69.8. The molecule has 12 heteroatoms. The first kappa shape index (κ1) is 61.2. The van der Waals surface area contributed by atoms with Crippen LogP contribution in [0.15, 0.2) is 0 Å². The van der Waals surface area contributed by atoms with Crippen LogP contribution in [-0.4, -0.2) is 82.4 Å². The van der Waals surface area contributed by atoms with Crippen molar-refractivity contribution in [3.63, 3.8) is 0 Å². The second kappa shape index (κ2) is 14.0. The quantitative estimate of drug-likeness (QED) is 0.247. The molecule has 0 nitrogen and oxygen atoms in total. The van der Waals surface area contributed by atoms with Crippen LogP contribution in [0.25, 0.3) is 0 Å². The highest BCUT2D eigenvalue weighted by molar-refractivity contribution is 8.77. The van der Waals surface area contributed by atoms with Crippen LogP contribution >= 0.6 is 0 Å². The summed E-state index contributed by atoms with van der Waals surface area (Å²) in [5.41, 5.74) is 0. The molecule has 0 aromatic rings. The molecule has 66 heavy (non-hydrogen) atoms. The number of hydrogen-bond donors (Lipinski definition) is 0. The van der Waals surface area contributed by atoms with Crippen LogP contribution < -0.4 is 0 Å². The third kappa shape index (κ3) is 4.75. The minimum atomic E-state index is -2.56. The van der Waals surface area contributed by atoms with Gasteiger partial charge in [0.15, 0.2) is 0 Å². The molecule has 0 spiro atoms. The molecule has 0 unspecified atom stereocenters. The second-order valence-electron chi connectivity index (χ2n) is 39.0. The van der Waals surface area contributed by atoms with E-state index in [1.165, 1.54) is 0 Å². The van der Waals surface area contributed by atoms with E-state index in [2.05, 4.69) is 289 Å². The molecule has 6 fully saturated rings. The summed E-state index contributed by atoms with van der Waals surface area (Å²) < 4.78 is 0. The molecule has 0 N–H and O–H groups in total. The van der Waals surface area contributed by atoms with E-state index in [9.17, 15) is 0 Å². The molecule has 6 aliphatic heterocycles. The van der Waals surface area contributed by atoms with Crippen LogP contribution in [-0.2, 0) is 0 Å². The van der Waals surface area contributed by atoms with Gasteiger partial charge >= 0.3 is 0 Å². The summed E-state index contributed by atoms with van der Waals surface area (Å²) in [5, 5.41) is 4.69. The van der Waals surface area contributed by atoms with Crippen molar-refractivity contribution in [2.75, 3.05) is 0 Å². The third-order valence-electron chi connectivity index (χ3n) is 23.1. The Bertz CT molecular complexity index is 1530. The Balaban J connectivity index is 3.21. The predicted molar refractivity (Wildman–Crippen MR) is 341 cm³/mol. The van der Waals surface area contributed by atoms with Crippen molar-refractivity contribution in [2.45, 2.75) is 349 Å². The van der Waals surface area contributed by atoms with Gasteiger partial charge in [0.25, 0.3) is 0 Å². The van der Waals surface area contributed by atoms with Crippen molar-refractivity contribution in [2.24, 2.45) is 0 Å². The predicted octanol–water partition coefficient (Wildman–Crippen LogP) is 20.0. The van der Waals surface area contributed by atoms with Crippen LogP contribution in [0.4, 0.5) is 0 Å².